The first-order valence-corrected chi connectivity index (χ1v) is 8.44. The van der Waals surface area contributed by atoms with Crippen LogP contribution in [0.1, 0.15) is 35.1 Å². The summed E-state index contributed by atoms with van der Waals surface area (Å²) in [5.41, 5.74) is 2.23. The maximum atomic E-state index is 12.2. The Balaban J connectivity index is 1.60. The first-order chi connectivity index (χ1) is 10.6. The Bertz CT molecular complexity index is 681. The number of furan rings is 1. The predicted molar refractivity (Wildman–Crippen MR) is 88.1 cm³/mol. The molecular weight excluding hydrogens is 296 g/mol. The molecule has 116 valence electrons. The number of nitrogens with one attached hydrogen (secondary N) is 2. The van der Waals surface area contributed by atoms with E-state index in [2.05, 4.69) is 22.8 Å². The minimum atomic E-state index is -0.134. The zero-order chi connectivity index (χ0) is 15.5. The smallest absolute Gasteiger partial charge is 0.315 e. The van der Waals surface area contributed by atoms with Gasteiger partial charge in [0.25, 0.3) is 0 Å². The van der Waals surface area contributed by atoms with Crippen molar-refractivity contribution in [1.82, 2.24) is 10.6 Å². The SMILES string of the molecule is Cc1cc(CNC(=O)NC2CCSc3ccccc32)c(C)o1. The molecule has 1 aliphatic rings. The molecule has 5 heteroatoms. The van der Waals surface area contributed by atoms with Gasteiger partial charge >= 0.3 is 6.03 Å². The Hall–Kier alpha value is -1.88. The van der Waals surface area contributed by atoms with E-state index in [-0.39, 0.29) is 12.1 Å². The summed E-state index contributed by atoms with van der Waals surface area (Å²) in [6.07, 6.45) is 0.957. The van der Waals surface area contributed by atoms with Crippen LogP contribution in [-0.4, -0.2) is 11.8 Å². The highest BCUT2D eigenvalue weighted by molar-refractivity contribution is 7.99. The summed E-state index contributed by atoms with van der Waals surface area (Å²) in [4.78, 5) is 13.4. The zero-order valence-electron chi connectivity index (χ0n) is 12.8. The first kappa shape index (κ1) is 15.0. The average molecular weight is 316 g/mol. The molecule has 22 heavy (non-hydrogen) atoms. The van der Waals surface area contributed by atoms with Gasteiger partial charge < -0.3 is 15.1 Å². The molecule has 1 aromatic heterocycles. The number of aryl methyl sites for hydroxylation is 2. The maximum Gasteiger partial charge on any atom is 0.315 e. The minimum absolute atomic E-state index is 0.0876. The van der Waals surface area contributed by atoms with Gasteiger partial charge in [-0.15, -0.1) is 11.8 Å². The molecule has 1 atom stereocenters. The fraction of sp³-hybridized carbons (Fsp3) is 0.353. The van der Waals surface area contributed by atoms with Crippen molar-refractivity contribution in [3.05, 3.63) is 53.0 Å². The van der Waals surface area contributed by atoms with Crippen LogP contribution in [0.3, 0.4) is 0 Å². The maximum absolute atomic E-state index is 12.2. The van der Waals surface area contributed by atoms with Crippen molar-refractivity contribution in [2.24, 2.45) is 0 Å². The number of hydrogen-bond acceptors (Lipinski definition) is 3. The number of hydrogen-bond donors (Lipinski definition) is 2. The Morgan fingerprint density at radius 1 is 1.36 bits per heavy atom. The van der Waals surface area contributed by atoms with Crippen LogP contribution in [0.2, 0.25) is 0 Å². The molecule has 0 spiro atoms. The van der Waals surface area contributed by atoms with Crippen molar-refractivity contribution >= 4 is 17.8 Å². The van der Waals surface area contributed by atoms with E-state index in [1.54, 1.807) is 0 Å². The topological polar surface area (TPSA) is 54.3 Å². The lowest BCUT2D eigenvalue weighted by molar-refractivity contribution is 0.236. The molecule has 1 unspecified atom stereocenters. The Morgan fingerprint density at radius 3 is 2.95 bits per heavy atom. The number of rotatable bonds is 3. The van der Waals surface area contributed by atoms with Crippen molar-refractivity contribution in [2.75, 3.05) is 5.75 Å². The highest BCUT2D eigenvalue weighted by atomic mass is 32.2. The van der Waals surface area contributed by atoms with Crippen LogP contribution in [0.25, 0.3) is 0 Å². The first-order valence-electron chi connectivity index (χ1n) is 7.45. The molecule has 2 amide bonds. The summed E-state index contributed by atoms with van der Waals surface area (Å²) in [5, 5.41) is 5.99. The van der Waals surface area contributed by atoms with Crippen molar-refractivity contribution in [1.29, 1.82) is 0 Å². The lowest BCUT2D eigenvalue weighted by Crippen LogP contribution is -2.38. The fourth-order valence-corrected chi connectivity index (χ4v) is 3.86. The van der Waals surface area contributed by atoms with Crippen LogP contribution >= 0.6 is 11.8 Å². The quantitative estimate of drug-likeness (QED) is 0.902. The molecule has 0 bridgehead atoms. The van der Waals surface area contributed by atoms with E-state index >= 15 is 0 Å². The molecule has 2 aromatic rings. The third-order valence-electron chi connectivity index (χ3n) is 3.85. The van der Waals surface area contributed by atoms with Crippen LogP contribution in [0.15, 0.2) is 39.6 Å². The van der Waals surface area contributed by atoms with E-state index < -0.39 is 0 Å². The van der Waals surface area contributed by atoms with Crippen LogP contribution in [0, 0.1) is 13.8 Å². The standard InChI is InChI=1S/C17H20N2O2S/c1-11-9-13(12(2)21-11)10-18-17(20)19-15-7-8-22-16-6-4-3-5-14(15)16/h3-6,9,15H,7-8,10H2,1-2H3,(H2,18,19,20). The lowest BCUT2D eigenvalue weighted by atomic mass is 10.0. The van der Waals surface area contributed by atoms with E-state index in [0.717, 1.165) is 29.3 Å². The van der Waals surface area contributed by atoms with Gasteiger partial charge in [-0.05, 0) is 38.0 Å². The van der Waals surface area contributed by atoms with Gasteiger partial charge in [0, 0.05) is 22.8 Å². The third-order valence-corrected chi connectivity index (χ3v) is 4.97. The normalized spacial score (nSPS) is 16.9. The van der Waals surface area contributed by atoms with Gasteiger partial charge in [-0.1, -0.05) is 18.2 Å². The number of fused-ring (bicyclic) bond motifs is 1. The summed E-state index contributed by atoms with van der Waals surface area (Å²) >= 11 is 1.85. The van der Waals surface area contributed by atoms with Crippen LogP contribution in [-0.2, 0) is 6.54 Å². The van der Waals surface area contributed by atoms with E-state index in [1.807, 2.05) is 43.8 Å². The van der Waals surface area contributed by atoms with Crippen molar-refractivity contribution in [3.8, 4) is 0 Å². The van der Waals surface area contributed by atoms with Crippen molar-refractivity contribution in [3.63, 3.8) is 0 Å². The highest BCUT2D eigenvalue weighted by Crippen LogP contribution is 2.35. The highest BCUT2D eigenvalue weighted by Gasteiger charge is 2.21. The van der Waals surface area contributed by atoms with Crippen molar-refractivity contribution in [2.45, 2.75) is 37.8 Å². The number of urea groups is 1. The molecule has 2 N–H and O–H groups in total. The number of benzene rings is 1. The van der Waals surface area contributed by atoms with E-state index in [9.17, 15) is 4.79 Å². The summed E-state index contributed by atoms with van der Waals surface area (Å²) in [6, 6.07) is 10.2. The lowest BCUT2D eigenvalue weighted by Gasteiger charge is -2.25. The van der Waals surface area contributed by atoms with Gasteiger partial charge in [-0.3, -0.25) is 0 Å². The molecule has 3 rings (SSSR count). The summed E-state index contributed by atoms with van der Waals surface area (Å²) in [6.45, 7) is 4.31. The van der Waals surface area contributed by atoms with Crippen LogP contribution < -0.4 is 10.6 Å². The van der Waals surface area contributed by atoms with Gasteiger partial charge in [0.2, 0.25) is 0 Å². The average Bonchev–Trinajstić information content (AvgIpc) is 2.83. The molecule has 2 heterocycles. The third kappa shape index (κ3) is 3.30. The number of carbonyl (C=O) groups is 1. The Kier molecular flexibility index (Phi) is 4.43. The predicted octanol–water partition coefficient (Wildman–Crippen LogP) is 3.93. The van der Waals surface area contributed by atoms with Crippen LogP contribution in [0.4, 0.5) is 4.79 Å². The largest absolute Gasteiger partial charge is 0.466 e. The molecular formula is C17H20N2O2S. The molecule has 4 nitrogen and oxygen atoms in total. The van der Waals surface area contributed by atoms with Crippen molar-refractivity contribution < 1.29 is 9.21 Å². The molecule has 0 aliphatic carbocycles. The molecule has 0 saturated heterocycles. The molecule has 0 fully saturated rings. The Morgan fingerprint density at radius 2 is 2.18 bits per heavy atom. The van der Waals surface area contributed by atoms with Gasteiger partial charge in [-0.25, -0.2) is 4.79 Å². The molecule has 1 aliphatic heterocycles. The van der Waals surface area contributed by atoms with E-state index in [4.69, 9.17) is 4.42 Å². The number of thioether (sulfide) groups is 1. The Labute approximate surface area is 134 Å². The van der Waals surface area contributed by atoms with E-state index in [1.165, 1.54) is 10.5 Å². The second kappa shape index (κ2) is 6.48. The molecule has 1 aromatic carbocycles. The van der Waals surface area contributed by atoms with Gasteiger partial charge in [0.15, 0.2) is 0 Å². The number of carbonyl (C=O) groups excluding carboxylic acids is 1. The van der Waals surface area contributed by atoms with E-state index in [0.29, 0.717) is 6.54 Å². The monoisotopic (exact) mass is 316 g/mol. The minimum Gasteiger partial charge on any atom is -0.466 e. The molecule has 0 saturated carbocycles. The second-order valence-corrected chi connectivity index (χ2v) is 6.63. The zero-order valence-corrected chi connectivity index (χ0v) is 13.6. The van der Waals surface area contributed by atoms with Gasteiger partial charge in [-0.2, -0.15) is 0 Å². The summed E-state index contributed by atoms with van der Waals surface area (Å²) in [5.74, 6) is 2.76. The van der Waals surface area contributed by atoms with Gasteiger partial charge in [0.05, 0.1) is 6.04 Å². The number of amides is 2. The van der Waals surface area contributed by atoms with Crippen LogP contribution in [0.5, 0.6) is 0 Å². The molecule has 0 radical (unpaired) electrons. The van der Waals surface area contributed by atoms with Gasteiger partial charge in [0.1, 0.15) is 11.5 Å². The summed E-state index contributed by atoms with van der Waals surface area (Å²) < 4.78 is 5.47. The summed E-state index contributed by atoms with van der Waals surface area (Å²) in [7, 11) is 0. The second-order valence-electron chi connectivity index (χ2n) is 5.49. The fourth-order valence-electron chi connectivity index (χ4n) is 2.74.